The second-order valence-corrected chi connectivity index (χ2v) is 5.33. The van der Waals surface area contributed by atoms with E-state index in [1.807, 2.05) is 30.8 Å². The van der Waals surface area contributed by atoms with Crippen molar-refractivity contribution in [3.63, 3.8) is 0 Å². The third kappa shape index (κ3) is 2.98. The maximum atomic E-state index is 5.32. The van der Waals surface area contributed by atoms with E-state index in [9.17, 15) is 0 Å². The zero-order valence-electron chi connectivity index (χ0n) is 11.2. The highest BCUT2D eigenvalue weighted by Crippen LogP contribution is 2.25. The molecule has 5 nitrogen and oxygen atoms in total. The lowest BCUT2D eigenvalue weighted by Crippen LogP contribution is -2.24. The van der Waals surface area contributed by atoms with Gasteiger partial charge >= 0.3 is 0 Å². The summed E-state index contributed by atoms with van der Waals surface area (Å²) in [6.07, 6.45) is 0.753. The van der Waals surface area contributed by atoms with Crippen molar-refractivity contribution < 1.29 is 4.52 Å². The standard InChI is InChI=1S/C13H14N4OS.ClH/c1-8(14-2)5-12-16-13(18-17-12)9-3-4-10-11(6-9)19-7-15-10;/h3-4,6-8,14H,5H2,1-2H3;1H. The van der Waals surface area contributed by atoms with E-state index in [0.717, 1.165) is 28.0 Å². The maximum absolute atomic E-state index is 5.32. The summed E-state index contributed by atoms with van der Waals surface area (Å²) in [7, 11) is 1.92. The molecule has 0 aliphatic carbocycles. The van der Waals surface area contributed by atoms with E-state index in [1.54, 1.807) is 11.3 Å². The number of nitrogens with zero attached hydrogens (tertiary/aromatic N) is 3. The number of thiazole rings is 1. The van der Waals surface area contributed by atoms with E-state index >= 15 is 0 Å². The molecule has 1 atom stereocenters. The topological polar surface area (TPSA) is 63.8 Å². The summed E-state index contributed by atoms with van der Waals surface area (Å²) in [5.41, 5.74) is 3.77. The molecule has 0 saturated carbocycles. The number of rotatable bonds is 4. The first-order chi connectivity index (χ1) is 9.26. The molecule has 3 aromatic rings. The molecule has 2 heterocycles. The lowest BCUT2D eigenvalue weighted by Gasteiger charge is -2.04. The molecule has 1 unspecified atom stereocenters. The quantitative estimate of drug-likeness (QED) is 0.802. The van der Waals surface area contributed by atoms with Gasteiger partial charge in [-0.3, -0.25) is 0 Å². The van der Waals surface area contributed by atoms with Crippen molar-refractivity contribution in [2.75, 3.05) is 7.05 Å². The summed E-state index contributed by atoms with van der Waals surface area (Å²) in [6.45, 7) is 2.08. The normalized spacial score (nSPS) is 12.3. The third-order valence-electron chi connectivity index (χ3n) is 3.03. The average molecular weight is 311 g/mol. The molecule has 1 N–H and O–H groups in total. The molecule has 20 heavy (non-hydrogen) atoms. The van der Waals surface area contributed by atoms with Crippen molar-refractivity contribution in [1.29, 1.82) is 0 Å². The van der Waals surface area contributed by atoms with E-state index in [-0.39, 0.29) is 12.4 Å². The van der Waals surface area contributed by atoms with Crippen LogP contribution in [0.15, 0.2) is 28.2 Å². The van der Waals surface area contributed by atoms with Crippen molar-refractivity contribution in [1.82, 2.24) is 20.4 Å². The Kier molecular flexibility index (Phi) is 4.69. The summed E-state index contributed by atoms with van der Waals surface area (Å²) in [4.78, 5) is 8.68. The highest BCUT2D eigenvalue weighted by atomic mass is 35.5. The maximum Gasteiger partial charge on any atom is 0.257 e. The SMILES string of the molecule is CNC(C)Cc1noc(-c2ccc3ncsc3c2)n1.Cl. The van der Waals surface area contributed by atoms with Gasteiger partial charge in [-0.15, -0.1) is 23.7 Å². The molecule has 0 radical (unpaired) electrons. The first-order valence-corrected chi connectivity index (χ1v) is 6.97. The molecule has 7 heteroatoms. The lowest BCUT2D eigenvalue weighted by atomic mass is 10.2. The van der Waals surface area contributed by atoms with Gasteiger partial charge in [0, 0.05) is 18.0 Å². The van der Waals surface area contributed by atoms with E-state index in [4.69, 9.17) is 4.52 Å². The summed E-state index contributed by atoms with van der Waals surface area (Å²) >= 11 is 1.61. The Balaban J connectivity index is 0.00000147. The monoisotopic (exact) mass is 310 g/mol. The van der Waals surface area contributed by atoms with Gasteiger partial charge < -0.3 is 9.84 Å². The Bertz CT molecular complexity index is 696. The van der Waals surface area contributed by atoms with Crippen LogP contribution >= 0.6 is 23.7 Å². The van der Waals surface area contributed by atoms with Crippen LogP contribution in [-0.2, 0) is 6.42 Å². The second kappa shape index (κ2) is 6.30. The zero-order chi connectivity index (χ0) is 13.2. The largest absolute Gasteiger partial charge is 0.334 e. The van der Waals surface area contributed by atoms with Crippen LogP contribution in [0.1, 0.15) is 12.7 Å². The minimum Gasteiger partial charge on any atom is -0.334 e. The van der Waals surface area contributed by atoms with E-state index in [2.05, 4.69) is 27.4 Å². The highest BCUT2D eigenvalue weighted by Gasteiger charge is 2.11. The Hall–Kier alpha value is -1.50. The van der Waals surface area contributed by atoms with Gasteiger partial charge in [0.1, 0.15) is 0 Å². The minimum atomic E-state index is 0. The summed E-state index contributed by atoms with van der Waals surface area (Å²) in [5.74, 6) is 1.29. The van der Waals surface area contributed by atoms with E-state index in [1.165, 1.54) is 0 Å². The van der Waals surface area contributed by atoms with Crippen LogP contribution < -0.4 is 5.32 Å². The van der Waals surface area contributed by atoms with E-state index in [0.29, 0.717) is 11.9 Å². The fraction of sp³-hybridized carbons (Fsp3) is 0.308. The molecule has 0 saturated heterocycles. The number of benzene rings is 1. The third-order valence-corrected chi connectivity index (χ3v) is 3.82. The molecular weight excluding hydrogens is 296 g/mol. The summed E-state index contributed by atoms with van der Waals surface area (Å²) in [6, 6.07) is 6.29. The first kappa shape index (κ1) is 14.9. The van der Waals surface area contributed by atoms with Crippen molar-refractivity contribution >= 4 is 34.0 Å². The van der Waals surface area contributed by atoms with Crippen molar-refractivity contribution in [2.24, 2.45) is 0 Å². The molecular formula is C13H15ClN4OS. The van der Waals surface area contributed by atoms with Crippen LogP contribution in [0.5, 0.6) is 0 Å². The van der Waals surface area contributed by atoms with Crippen molar-refractivity contribution in [2.45, 2.75) is 19.4 Å². The number of halogens is 1. The predicted molar refractivity (Wildman–Crippen MR) is 82.4 cm³/mol. The Morgan fingerprint density at radius 2 is 2.25 bits per heavy atom. The smallest absolute Gasteiger partial charge is 0.257 e. The molecule has 0 aliphatic heterocycles. The number of hydrogen-bond acceptors (Lipinski definition) is 6. The number of aromatic nitrogens is 3. The summed E-state index contributed by atoms with van der Waals surface area (Å²) < 4.78 is 6.44. The number of likely N-dealkylation sites (N-methyl/N-ethyl adjacent to an activating group) is 1. The average Bonchev–Trinajstić information content (AvgIpc) is 3.05. The molecule has 0 aliphatic rings. The molecule has 0 fully saturated rings. The molecule has 3 rings (SSSR count). The van der Waals surface area contributed by atoms with Gasteiger partial charge in [0.25, 0.3) is 5.89 Å². The Labute approximate surface area is 126 Å². The van der Waals surface area contributed by atoms with Crippen LogP contribution in [0.3, 0.4) is 0 Å². The number of fused-ring (bicyclic) bond motifs is 1. The van der Waals surface area contributed by atoms with Gasteiger partial charge in [-0.25, -0.2) is 4.98 Å². The minimum absolute atomic E-state index is 0. The van der Waals surface area contributed by atoms with Crippen molar-refractivity contribution in [3.05, 3.63) is 29.5 Å². The van der Waals surface area contributed by atoms with Gasteiger partial charge in [0.05, 0.1) is 15.7 Å². The highest BCUT2D eigenvalue weighted by molar-refractivity contribution is 7.16. The van der Waals surface area contributed by atoms with E-state index < -0.39 is 0 Å². The number of hydrogen-bond donors (Lipinski definition) is 1. The van der Waals surface area contributed by atoms with Crippen LogP contribution in [0.4, 0.5) is 0 Å². The number of nitrogens with one attached hydrogen (secondary N) is 1. The molecule has 1 aromatic carbocycles. The molecule has 0 amide bonds. The van der Waals surface area contributed by atoms with Gasteiger partial charge in [-0.05, 0) is 32.2 Å². The fourth-order valence-corrected chi connectivity index (χ4v) is 2.53. The van der Waals surface area contributed by atoms with Crippen LogP contribution in [0.25, 0.3) is 21.7 Å². The molecule has 2 aromatic heterocycles. The van der Waals surface area contributed by atoms with Gasteiger partial charge in [0.15, 0.2) is 5.82 Å². The Morgan fingerprint density at radius 1 is 1.40 bits per heavy atom. The predicted octanol–water partition coefficient (Wildman–Crippen LogP) is 2.92. The molecule has 0 bridgehead atoms. The van der Waals surface area contributed by atoms with Crippen LogP contribution in [0.2, 0.25) is 0 Å². The fourth-order valence-electron chi connectivity index (χ4n) is 1.82. The Morgan fingerprint density at radius 3 is 3.05 bits per heavy atom. The molecule has 106 valence electrons. The lowest BCUT2D eigenvalue weighted by molar-refractivity contribution is 0.418. The van der Waals surface area contributed by atoms with Gasteiger partial charge in [-0.1, -0.05) is 5.16 Å². The van der Waals surface area contributed by atoms with Gasteiger partial charge in [0.2, 0.25) is 0 Å². The van der Waals surface area contributed by atoms with Crippen LogP contribution in [-0.4, -0.2) is 28.2 Å². The van der Waals surface area contributed by atoms with Crippen LogP contribution in [0, 0.1) is 0 Å². The zero-order valence-corrected chi connectivity index (χ0v) is 12.8. The van der Waals surface area contributed by atoms with Gasteiger partial charge in [-0.2, -0.15) is 4.98 Å². The summed E-state index contributed by atoms with van der Waals surface area (Å²) in [5, 5.41) is 7.16. The second-order valence-electron chi connectivity index (χ2n) is 4.44. The van der Waals surface area contributed by atoms with Crippen molar-refractivity contribution in [3.8, 4) is 11.5 Å². The first-order valence-electron chi connectivity index (χ1n) is 6.10. The molecule has 0 spiro atoms.